The van der Waals surface area contributed by atoms with Gasteiger partial charge in [0, 0.05) is 25.1 Å². The van der Waals surface area contributed by atoms with Crippen molar-refractivity contribution in [3.05, 3.63) is 17.5 Å². The van der Waals surface area contributed by atoms with Gasteiger partial charge in [0.1, 0.15) is 6.26 Å². The first-order chi connectivity index (χ1) is 6.86. The summed E-state index contributed by atoms with van der Waals surface area (Å²) < 4.78 is 4.86. The highest BCUT2D eigenvalue weighted by molar-refractivity contribution is 5.82. The van der Waals surface area contributed by atoms with Crippen molar-refractivity contribution < 1.29 is 4.52 Å². The number of aromatic nitrogens is 1. The van der Waals surface area contributed by atoms with E-state index in [-0.39, 0.29) is 0 Å². The topological polar surface area (TPSA) is 50.4 Å². The van der Waals surface area contributed by atoms with Crippen LogP contribution in [0.1, 0.15) is 30.5 Å². The molecule has 2 heterocycles. The smallest absolute Gasteiger partial charge is 0.129 e. The van der Waals surface area contributed by atoms with Crippen LogP contribution in [0.3, 0.4) is 0 Å². The van der Waals surface area contributed by atoms with Crippen LogP contribution in [0.2, 0.25) is 0 Å². The lowest BCUT2D eigenvalue weighted by molar-refractivity contribution is 0.414. The maximum absolute atomic E-state index is 4.86. The van der Waals surface area contributed by atoms with Gasteiger partial charge in [-0.15, -0.1) is 0 Å². The Kier molecular flexibility index (Phi) is 2.81. The van der Waals surface area contributed by atoms with Crippen LogP contribution in [0.15, 0.2) is 15.8 Å². The lowest BCUT2D eigenvalue weighted by Crippen LogP contribution is -2.25. The van der Waals surface area contributed by atoms with Crippen molar-refractivity contribution in [1.82, 2.24) is 10.5 Å². The SMILES string of the molecule is Cc1nocc1CNC1=NCCCC1. The number of hydrogen-bond donors (Lipinski definition) is 1. The third kappa shape index (κ3) is 2.13. The molecule has 14 heavy (non-hydrogen) atoms. The van der Waals surface area contributed by atoms with Gasteiger partial charge in [0.25, 0.3) is 0 Å². The summed E-state index contributed by atoms with van der Waals surface area (Å²) in [5.74, 6) is 1.12. The Morgan fingerprint density at radius 2 is 2.43 bits per heavy atom. The van der Waals surface area contributed by atoms with E-state index >= 15 is 0 Å². The summed E-state index contributed by atoms with van der Waals surface area (Å²) in [4.78, 5) is 4.41. The van der Waals surface area contributed by atoms with E-state index in [2.05, 4.69) is 15.5 Å². The number of amidine groups is 1. The molecule has 2 rings (SSSR count). The Morgan fingerprint density at radius 1 is 1.50 bits per heavy atom. The van der Waals surface area contributed by atoms with Crippen molar-refractivity contribution >= 4 is 5.84 Å². The predicted octanol–water partition coefficient (Wildman–Crippen LogP) is 1.66. The van der Waals surface area contributed by atoms with E-state index in [1.54, 1.807) is 6.26 Å². The molecule has 76 valence electrons. The molecule has 0 aromatic carbocycles. The Labute approximate surface area is 83.4 Å². The monoisotopic (exact) mass is 193 g/mol. The van der Waals surface area contributed by atoms with Gasteiger partial charge in [0.05, 0.1) is 11.5 Å². The zero-order valence-electron chi connectivity index (χ0n) is 8.42. The minimum Gasteiger partial charge on any atom is -0.370 e. The Bertz CT molecular complexity index is 330. The second kappa shape index (κ2) is 4.26. The standard InChI is InChI=1S/C10H15N3O/c1-8-9(7-14-13-8)6-12-10-4-2-3-5-11-10/h7H,2-6H2,1H3,(H,11,12). The Balaban J connectivity index is 1.88. The minimum absolute atomic E-state index is 0.772. The predicted molar refractivity (Wildman–Crippen MR) is 54.2 cm³/mol. The van der Waals surface area contributed by atoms with Gasteiger partial charge in [-0.05, 0) is 19.8 Å². The normalized spacial score (nSPS) is 16.5. The van der Waals surface area contributed by atoms with Gasteiger partial charge >= 0.3 is 0 Å². The second-order valence-corrected chi connectivity index (χ2v) is 3.56. The van der Waals surface area contributed by atoms with Crippen molar-refractivity contribution in [2.75, 3.05) is 6.54 Å². The molecule has 0 aliphatic carbocycles. The summed E-state index contributed by atoms with van der Waals surface area (Å²) in [6.45, 7) is 3.68. The highest BCUT2D eigenvalue weighted by Gasteiger charge is 2.06. The van der Waals surface area contributed by atoms with Crippen molar-refractivity contribution in [1.29, 1.82) is 0 Å². The van der Waals surface area contributed by atoms with E-state index in [1.807, 2.05) is 6.92 Å². The molecule has 0 saturated heterocycles. The van der Waals surface area contributed by atoms with Crippen LogP contribution < -0.4 is 5.32 Å². The van der Waals surface area contributed by atoms with Crippen LogP contribution in [-0.2, 0) is 6.54 Å². The third-order valence-electron chi connectivity index (χ3n) is 2.46. The van der Waals surface area contributed by atoms with Crippen LogP contribution in [0.25, 0.3) is 0 Å². The average Bonchev–Trinajstić information content (AvgIpc) is 2.63. The van der Waals surface area contributed by atoms with Crippen molar-refractivity contribution in [3.63, 3.8) is 0 Å². The summed E-state index contributed by atoms with van der Waals surface area (Å²) in [6.07, 6.45) is 5.22. The van der Waals surface area contributed by atoms with E-state index in [0.717, 1.165) is 36.6 Å². The number of nitrogens with zero attached hydrogens (tertiary/aromatic N) is 2. The Hall–Kier alpha value is -1.32. The van der Waals surface area contributed by atoms with Crippen LogP contribution in [0.5, 0.6) is 0 Å². The van der Waals surface area contributed by atoms with Crippen LogP contribution in [-0.4, -0.2) is 17.5 Å². The molecule has 0 spiro atoms. The molecular weight excluding hydrogens is 178 g/mol. The number of aryl methyl sites for hydroxylation is 1. The molecule has 0 saturated carbocycles. The summed E-state index contributed by atoms with van der Waals surface area (Å²) in [6, 6.07) is 0. The summed E-state index contributed by atoms with van der Waals surface area (Å²) >= 11 is 0. The molecule has 1 aliphatic heterocycles. The molecule has 0 bridgehead atoms. The van der Waals surface area contributed by atoms with E-state index in [4.69, 9.17) is 4.52 Å². The molecule has 0 atom stereocenters. The van der Waals surface area contributed by atoms with Crippen molar-refractivity contribution in [3.8, 4) is 0 Å². The second-order valence-electron chi connectivity index (χ2n) is 3.56. The largest absolute Gasteiger partial charge is 0.370 e. The summed E-state index contributed by atoms with van der Waals surface area (Å²) in [5.41, 5.74) is 2.06. The van der Waals surface area contributed by atoms with E-state index in [0.29, 0.717) is 0 Å². The van der Waals surface area contributed by atoms with Crippen LogP contribution >= 0.6 is 0 Å². The maximum atomic E-state index is 4.86. The van der Waals surface area contributed by atoms with E-state index < -0.39 is 0 Å². The lowest BCUT2D eigenvalue weighted by Gasteiger charge is -2.13. The fourth-order valence-corrected chi connectivity index (χ4v) is 1.52. The van der Waals surface area contributed by atoms with Gasteiger partial charge < -0.3 is 9.84 Å². The fraction of sp³-hybridized carbons (Fsp3) is 0.600. The van der Waals surface area contributed by atoms with Crippen molar-refractivity contribution in [2.24, 2.45) is 4.99 Å². The summed E-state index contributed by atoms with van der Waals surface area (Å²) in [5, 5.41) is 7.14. The molecule has 1 N–H and O–H groups in total. The van der Waals surface area contributed by atoms with E-state index in [9.17, 15) is 0 Å². The molecule has 1 aliphatic rings. The first-order valence-electron chi connectivity index (χ1n) is 5.03. The molecule has 0 unspecified atom stereocenters. The average molecular weight is 193 g/mol. The molecule has 4 heteroatoms. The summed E-state index contributed by atoms with van der Waals surface area (Å²) in [7, 11) is 0. The number of hydrogen-bond acceptors (Lipinski definition) is 4. The molecule has 1 aromatic rings. The number of aliphatic imine (C=N–C) groups is 1. The Morgan fingerprint density at radius 3 is 3.07 bits per heavy atom. The zero-order chi connectivity index (χ0) is 9.80. The highest BCUT2D eigenvalue weighted by atomic mass is 16.5. The van der Waals surface area contributed by atoms with Gasteiger partial charge in [-0.2, -0.15) is 0 Å². The first kappa shape index (κ1) is 9.24. The van der Waals surface area contributed by atoms with E-state index in [1.165, 1.54) is 12.8 Å². The molecule has 0 amide bonds. The van der Waals surface area contributed by atoms with Crippen molar-refractivity contribution in [2.45, 2.75) is 32.7 Å². The van der Waals surface area contributed by atoms with Gasteiger partial charge in [-0.25, -0.2) is 0 Å². The maximum Gasteiger partial charge on any atom is 0.129 e. The first-order valence-corrected chi connectivity index (χ1v) is 5.03. The van der Waals surface area contributed by atoms with Gasteiger partial charge in [-0.1, -0.05) is 5.16 Å². The zero-order valence-corrected chi connectivity index (χ0v) is 8.42. The van der Waals surface area contributed by atoms with Gasteiger partial charge in [0.2, 0.25) is 0 Å². The number of nitrogens with one attached hydrogen (secondary N) is 1. The van der Waals surface area contributed by atoms with Gasteiger partial charge in [-0.3, -0.25) is 4.99 Å². The molecule has 0 fully saturated rings. The minimum atomic E-state index is 0.772. The molecule has 0 radical (unpaired) electrons. The van der Waals surface area contributed by atoms with Crippen LogP contribution in [0.4, 0.5) is 0 Å². The highest BCUT2D eigenvalue weighted by Crippen LogP contribution is 2.07. The molecule has 1 aromatic heterocycles. The molecular formula is C10H15N3O. The number of rotatable bonds is 2. The quantitative estimate of drug-likeness (QED) is 0.777. The van der Waals surface area contributed by atoms with Crippen LogP contribution in [0, 0.1) is 6.92 Å². The fourth-order valence-electron chi connectivity index (χ4n) is 1.52. The van der Waals surface area contributed by atoms with Gasteiger partial charge in [0.15, 0.2) is 0 Å². The third-order valence-corrected chi connectivity index (χ3v) is 2.46. The lowest BCUT2D eigenvalue weighted by atomic mass is 10.2. The molecule has 4 nitrogen and oxygen atoms in total.